The van der Waals surface area contributed by atoms with Crippen molar-refractivity contribution in [2.24, 2.45) is 5.73 Å². The van der Waals surface area contributed by atoms with Gasteiger partial charge in [0.2, 0.25) is 10.0 Å². The summed E-state index contributed by atoms with van der Waals surface area (Å²) in [5.41, 5.74) is 5.52. The van der Waals surface area contributed by atoms with Crippen molar-refractivity contribution >= 4 is 21.6 Å². The Kier molecular flexibility index (Phi) is 6.19. The van der Waals surface area contributed by atoms with Gasteiger partial charge in [-0.05, 0) is 24.6 Å². The van der Waals surface area contributed by atoms with Crippen LogP contribution in [0.5, 0.6) is 0 Å². The molecule has 7 heteroatoms. The van der Waals surface area contributed by atoms with Crippen molar-refractivity contribution in [3.8, 4) is 0 Å². The highest BCUT2D eigenvalue weighted by Crippen LogP contribution is 2.19. The third-order valence-electron chi connectivity index (χ3n) is 2.70. The summed E-state index contributed by atoms with van der Waals surface area (Å²) in [5.74, 6) is -0.869. The molecule has 0 fully saturated rings. The first-order valence-electron chi connectivity index (χ1n) is 6.08. The zero-order valence-electron chi connectivity index (χ0n) is 10.7. The molecule has 0 heterocycles. The Morgan fingerprint density at radius 2 is 2.16 bits per heavy atom. The first kappa shape index (κ1) is 16.4. The van der Waals surface area contributed by atoms with Crippen LogP contribution in [0.4, 0.5) is 4.39 Å². The number of rotatable bonds is 7. The smallest absolute Gasteiger partial charge is 0.243 e. The van der Waals surface area contributed by atoms with Crippen molar-refractivity contribution in [2.45, 2.75) is 37.1 Å². The molecule has 0 aromatic heterocycles. The van der Waals surface area contributed by atoms with E-state index >= 15 is 0 Å². The molecule has 19 heavy (non-hydrogen) atoms. The molecule has 0 aliphatic rings. The van der Waals surface area contributed by atoms with Crippen LogP contribution in [0.3, 0.4) is 0 Å². The van der Waals surface area contributed by atoms with Gasteiger partial charge in [-0.2, -0.15) is 0 Å². The van der Waals surface area contributed by atoms with Crippen LogP contribution in [0.1, 0.15) is 26.2 Å². The van der Waals surface area contributed by atoms with Gasteiger partial charge in [0.15, 0.2) is 0 Å². The molecule has 0 aliphatic carbocycles. The quantitative estimate of drug-likeness (QED) is 0.811. The normalized spacial score (nSPS) is 13.5. The topological polar surface area (TPSA) is 72.2 Å². The van der Waals surface area contributed by atoms with E-state index in [0.29, 0.717) is 6.42 Å². The molecule has 1 rings (SSSR count). The maximum atomic E-state index is 13.6. The van der Waals surface area contributed by atoms with Crippen LogP contribution in [0.25, 0.3) is 0 Å². The van der Waals surface area contributed by atoms with Crippen molar-refractivity contribution in [3.63, 3.8) is 0 Å². The second kappa shape index (κ2) is 7.19. The van der Waals surface area contributed by atoms with Gasteiger partial charge < -0.3 is 5.73 Å². The van der Waals surface area contributed by atoms with Crippen LogP contribution in [0, 0.1) is 5.82 Å². The highest BCUT2D eigenvalue weighted by molar-refractivity contribution is 7.89. The fourth-order valence-electron chi connectivity index (χ4n) is 1.65. The summed E-state index contributed by atoms with van der Waals surface area (Å²) >= 11 is 5.59. The number of unbranched alkanes of at least 4 members (excludes halogenated alkanes) is 1. The van der Waals surface area contributed by atoms with Crippen molar-refractivity contribution in [1.29, 1.82) is 0 Å². The summed E-state index contributed by atoms with van der Waals surface area (Å²) in [4.78, 5) is -0.410. The minimum Gasteiger partial charge on any atom is -0.329 e. The Bertz CT molecular complexity index is 522. The van der Waals surface area contributed by atoms with Crippen LogP contribution in [-0.2, 0) is 10.0 Å². The number of nitrogens with one attached hydrogen (secondary N) is 1. The van der Waals surface area contributed by atoms with Gasteiger partial charge in [-0.3, -0.25) is 0 Å². The second-order valence-corrected chi connectivity index (χ2v) is 6.39. The number of hydrogen-bond acceptors (Lipinski definition) is 3. The summed E-state index contributed by atoms with van der Waals surface area (Å²) in [6.45, 7) is 2.18. The van der Waals surface area contributed by atoms with Crippen LogP contribution in [0.15, 0.2) is 23.1 Å². The lowest BCUT2D eigenvalue weighted by atomic mass is 10.1. The lowest BCUT2D eigenvalue weighted by Gasteiger charge is -2.16. The van der Waals surface area contributed by atoms with Gasteiger partial charge in [-0.15, -0.1) is 0 Å². The average molecular weight is 309 g/mol. The SMILES string of the molecule is CCCCC(CN)NS(=O)(=O)c1ccc(Cl)cc1F. The summed E-state index contributed by atoms with van der Waals surface area (Å²) in [7, 11) is -3.91. The fraction of sp³-hybridized carbons (Fsp3) is 0.500. The van der Waals surface area contributed by atoms with Crippen LogP contribution >= 0.6 is 11.6 Å². The molecule has 0 amide bonds. The molecule has 1 unspecified atom stereocenters. The van der Waals surface area contributed by atoms with Crippen LogP contribution in [-0.4, -0.2) is 21.0 Å². The monoisotopic (exact) mass is 308 g/mol. The van der Waals surface area contributed by atoms with E-state index in [-0.39, 0.29) is 17.6 Å². The summed E-state index contributed by atoms with van der Waals surface area (Å²) in [6, 6.07) is 3.07. The molecule has 1 aromatic carbocycles. The molecule has 0 spiro atoms. The van der Waals surface area contributed by atoms with Crippen LogP contribution in [0.2, 0.25) is 5.02 Å². The standard InChI is InChI=1S/C12H18ClFN2O2S/c1-2-3-4-10(8-15)16-19(17,18)12-6-5-9(13)7-11(12)14/h5-7,10,16H,2-4,8,15H2,1H3. The van der Waals surface area contributed by atoms with Gasteiger partial charge in [0.1, 0.15) is 10.7 Å². The Hall–Kier alpha value is -0.690. The first-order valence-corrected chi connectivity index (χ1v) is 7.94. The third-order valence-corrected chi connectivity index (χ3v) is 4.48. The predicted molar refractivity (Wildman–Crippen MR) is 74.1 cm³/mol. The lowest BCUT2D eigenvalue weighted by molar-refractivity contribution is 0.509. The van der Waals surface area contributed by atoms with E-state index < -0.39 is 20.7 Å². The minimum absolute atomic E-state index is 0.151. The van der Waals surface area contributed by atoms with Crippen molar-refractivity contribution in [3.05, 3.63) is 29.0 Å². The largest absolute Gasteiger partial charge is 0.329 e. The molecule has 0 bridgehead atoms. The Balaban J connectivity index is 2.90. The summed E-state index contributed by atoms with van der Waals surface area (Å²) in [6.07, 6.45) is 2.42. The maximum absolute atomic E-state index is 13.6. The van der Waals surface area contributed by atoms with Crippen LogP contribution < -0.4 is 10.5 Å². The van der Waals surface area contributed by atoms with E-state index in [0.717, 1.165) is 25.0 Å². The second-order valence-electron chi connectivity index (χ2n) is 4.27. The molecule has 3 N–H and O–H groups in total. The number of halogens is 2. The summed E-state index contributed by atoms with van der Waals surface area (Å²) < 4.78 is 40.1. The number of sulfonamides is 1. The van der Waals surface area contributed by atoms with Gasteiger partial charge in [-0.25, -0.2) is 17.5 Å². The maximum Gasteiger partial charge on any atom is 0.243 e. The first-order chi connectivity index (χ1) is 8.90. The van der Waals surface area contributed by atoms with Gasteiger partial charge >= 0.3 is 0 Å². The van der Waals surface area contributed by atoms with E-state index in [1.54, 1.807) is 0 Å². The molecule has 0 aliphatic heterocycles. The zero-order valence-corrected chi connectivity index (χ0v) is 12.3. The molecule has 1 aromatic rings. The van der Waals surface area contributed by atoms with Crippen molar-refractivity contribution < 1.29 is 12.8 Å². The van der Waals surface area contributed by atoms with E-state index in [4.69, 9.17) is 17.3 Å². The molecule has 0 saturated heterocycles. The van der Waals surface area contributed by atoms with Gasteiger partial charge in [0.05, 0.1) is 0 Å². The van der Waals surface area contributed by atoms with Gasteiger partial charge in [0.25, 0.3) is 0 Å². The Morgan fingerprint density at radius 3 is 2.68 bits per heavy atom. The molecule has 0 radical (unpaired) electrons. The number of nitrogens with two attached hydrogens (primary N) is 1. The fourth-order valence-corrected chi connectivity index (χ4v) is 3.15. The lowest BCUT2D eigenvalue weighted by Crippen LogP contribution is -2.40. The molecular formula is C12H18ClFN2O2S. The van der Waals surface area contributed by atoms with Crippen molar-refractivity contribution in [1.82, 2.24) is 4.72 Å². The molecular weight excluding hydrogens is 291 g/mol. The third kappa shape index (κ3) is 4.72. The highest BCUT2D eigenvalue weighted by atomic mass is 35.5. The highest BCUT2D eigenvalue weighted by Gasteiger charge is 2.22. The van der Waals surface area contributed by atoms with E-state index in [1.165, 1.54) is 6.07 Å². The van der Waals surface area contributed by atoms with E-state index in [9.17, 15) is 12.8 Å². The Labute approximate surface area is 118 Å². The molecule has 4 nitrogen and oxygen atoms in total. The van der Waals surface area contributed by atoms with E-state index in [2.05, 4.69) is 4.72 Å². The molecule has 0 saturated carbocycles. The zero-order chi connectivity index (χ0) is 14.5. The molecule has 108 valence electrons. The number of hydrogen-bond donors (Lipinski definition) is 2. The summed E-state index contributed by atoms with van der Waals surface area (Å²) in [5, 5.41) is 0.151. The molecule has 1 atom stereocenters. The van der Waals surface area contributed by atoms with Gasteiger partial charge in [0, 0.05) is 17.6 Å². The number of benzene rings is 1. The minimum atomic E-state index is -3.91. The average Bonchev–Trinajstić information content (AvgIpc) is 2.33. The van der Waals surface area contributed by atoms with Gasteiger partial charge in [-0.1, -0.05) is 31.4 Å². The predicted octanol–water partition coefficient (Wildman–Crippen LogP) is 2.27. The van der Waals surface area contributed by atoms with E-state index in [1.807, 2.05) is 6.92 Å². The van der Waals surface area contributed by atoms with Crippen molar-refractivity contribution in [2.75, 3.05) is 6.54 Å². The Morgan fingerprint density at radius 1 is 1.47 bits per heavy atom.